The Kier molecular flexibility index (Phi) is 6.70. The van der Waals surface area contributed by atoms with Crippen LogP contribution in [0.1, 0.15) is 58.5 Å². The van der Waals surface area contributed by atoms with E-state index in [1.807, 2.05) is 48.1 Å². The molecule has 2 aliphatic rings. The number of benzene rings is 3. The molecule has 206 valence electrons. The van der Waals surface area contributed by atoms with Crippen LogP contribution >= 0.6 is 0 Å². The second kappa shape index (κ2) is 10.3. The van der Waals surface area contributed by atoms with E-state index in [1.165, 1.54) is 6.07 Å². The Morgan fingerprint density at radius 3 is 2.67 bits per heavy atom. The number of aromatic nitrogens is 2. The van der Waals surface area contributed by atoms with Crippen LogP contribution in [-0.4, -0.2) is 27.2 Å². The summed E-state index contributed by atoms with van der Waals surface area (Å²) in [4.78, 5) is 15.5. The van der Waals surface area contributed by atoms with Crippen molar-refractivity contribution in [3.05, 3.63) is 94.3 Å². The van der Waals surface area contributed by atoms with Gasteiger partial charge in [0.05, 0.1) is 13.0 Å². The summed E-state index contributed by atoms with van der Waals surface area (Å²) in [7, 11) is 1.94. The molecule has 0 bridgehead atoms. The minimum atomic E-state index is -0.854. The van der Waals surface area contributed by atoms with E-state index in [9.17, 15) is 4.79 Å². The van der Waals surface area contributed by atoms with Crippen LogP contribution in [0.2, 0.25) is 0 Å². The van der Waals surface area contributed by atoms with Crippen LogP contribution < -0.4 is 14.2 Å². The van der Waals surface area contributed by atoms with Crippen LogP contribution in [0.4, 0.5) is 4.39 Å². The summed E-state index contributed by atoms with van der Waals surface area (Å²) in [6.45, 7) is 4.81. The summed E-state index contributed by atoms with van der Waals surface area (Å²) in [5.74, 6) is 1.53. The average molecular weight is 543 g/mol. The van der Waals surface area contributed by atoms with Crippen LogP contribution in [0, 0.1) is 19.7 Å². The number of nitrogens with zero attached hydrogens (tertiary/aromatic N) is 2. The number of carboxylic acid groups (broad SMARTS) is 1. The zero-order valence-corrected chi connectivity index (χ0v) is 22.7. The summed E-state index contributed by atoms with van der Waals surface area (Å²) in [6.07, 6.45) is 4.59. The number of carbonyl (C=O) groups is 1. The third-order valence-corrected chi connectivity index (χ3v) is 7.91. The van der Waals surface area contributed by atoms with Gasteiger partial charge in [-0.05, 0) is 78.8 Å². The van der Waals surface area contributed by atoms with Gasteiger partial charge in [-0.2, -0.15) is 0 Å². The summed E-state index contributed by atoms with van der Waals surface area (Å²) in [5, 5.41) is 9.16. The number of hydrogen-bond acceptors (Lipinski definition) is 5. The monoisotopic (exact) mass is 542 g/mol. The Hall–Kier alpha value is -4.33. The number of imidazole rings is 1. The van der Waals surface area contributed by atoms with E-state index in [0.29, 0.717) is 43.1 Å². The Morgan fingerprint density at radius 2 is 1.95 bits per heavy atom. The Morgan fingerprint density at radius 1 is 1.15 bits per heavy atom. The summed E-state index contributed by atoms with van der Waals surface area (Å²) < 4.78 is 35.3. The van der Waals surface area contributed by atoms with Gasteiger partial charge in [0.15, 0.2) is 0 Å². The molecule has 1 aliphatic carbocycles. The smallest absolute Gasteiger partial charge is 0.304 e. The first-order valence-corrected chi connectivity index (χ1v) is 13.5. The molecule has 6 rings (SSSR count). The molecule has 0 amide bonds. The molecule has 2 atom stereocenters. The fourth-order valence-corrected chi connectivity index (χ4v) is 6.02. The molecule has 0 fully saturated rings. The normalized spacial score (nSPS) is 17.3. The number of hydrogen-bond donors (Lipinski definition) is 1. The van der Waals surface area contributed by atoms with Crippen molar-refractivity contribution in [3.8, 4) is 28.4 Å². The summed E-state index contributed by atoms with van der Waals surface area (Å²) >= 11 is 0. The quantitative estimate of drug-likeness (QED) is 0.276. The fourth-order valence-electron chi connectivity index (χ4n) is 6.02. The first-order chi connectivity index (χ1) is 19.3. The second-order valence-corrected chi connectivity index (χ2v) is 10.6. The highest BCUT2D eigenvalue weighted by molar-refractivity contribution is 5.76. The number of halogens is 1. The molecule has 3 aromatic carbocycles. The van der Waals surface area contributed by atoms with E-state index in [4.69, 9.17) is 19.3 Å². The van der Waals surface area contributed by atoms with Crippen molar-refractivity contribution in [2.75, 3.05) is 6.61 Å². The molecule has 0 saturated heterocycles. The number of aliphatic carboxylic acids is 1. The van der Waals surface area contributed by atoms with Gasteiger partial charge in [-0.25, -0.2) is 9.37 Å². The third-order valence-electron chi connectivity index (χ3n) is 7.91. The number of fused-ring (bicyclic) bond motifs is 2. The molecule has 0 saturated carbocycles. The molecule has 40 heavy (non-hydrogen) atoms. The minimum Gasteiger partial charge on any atom is -0.492 e. The molecule has 1 N–H and O–H groups in total. The lowest BCUT2D eigenvalue weighted by Gasteiger charge is -2.19. The number of aryl methyl sites for hydroxylation is 3. The summed E-state index contributed by atoms with van der Waals surface area (Å²) in [5.41, 5.74) is 6.64. The minimum absolute atomic E-state index is 0.0211. The standard InChI is InChI=1S/C32H31FN2O5/c1-18-12-22(38-17-29-34-10-11-35(29)3)13-19(2)31(18)24-6-8-26(33)32-25(24)7-9-27(32)40-21-4-5-23-20(14-30(36)37)16-39-28(23)15-21/h4-6,8,10-13,15,20,27H,7,9,14,16-17H2,1-3H3,(H,36,37). The molecule has 4 aromatic rings. The van der Waals surface area contributed by atoms with Gasteiger partial charge >= 0.3 is 5.97 Å². The van der Waals surface area contributed by atoms with Crippen molar-refractivity contribution >= 4 is 5.97 Å². The van der Waals surface area contributed by atoms with Gasteiger partial charge in [0.25, 0.3) is 0 Å². The van der Waals surface area contributed by atoms with E-state index in [2.05, 4.69) is 18.8 Å². The van der Waals surface area contributed by atoms with E-state index in [0.717, 1.165) is 45.0 Å². The molecule has 1 aromatic heterocycles. The van der Waals surface area contributed by atoms with Gasteiger partial charge in [-0.1, -0.05) is 12.1 Å². The molecule has 1 aliphatic heterocycles. The molecule has 0 spiro atoms. The topological polar surface area (TPSA) is 82.8 Å². The predicted molar refractivity (Wildman–Crippen MR) is 147 cm³/mol. The van der Waals surface area contributed by atoms with Crippen molar-refractivity contribution in [1.29, 1.82) is 0 Å². The first kappa shape index (κ1) is 25.9. The molecular formula is C32H31FN2O5. The second-order valence-electron chi connectivity index (χ2n) is 10.6. The van der Waals surface area contributed by atoms with Crippen LogP contribution in [0.15, 0.2) is 54.9 Å². The number of rotatable bonds is 8. The van der Waals surface area contributed by atoms with Crippen molar-refractivity contribution < 1.29 is 28.5 Å². The van der Waals surface area contributed by atoms with Crippen LogP contribution in [0.5, 0.6) is 17.2 Å². The SMILES string of the molecule is Cc1cc(OCc2nccn2C)cc(C)c1-c1ccc(F)c2c1CCC2Oc1ccc2c(c1)OCC2CC(=O)O. The van der Waals surface area contributed by atoms with Gasteiger partial charge in [-0.3, -0.25) is 4.79 Å². The van der Waals surface area contributed by atoms with Gasteiger partial charge in [0, 0.05) is 42.6 Å². The highest BCUT2D eigenvalue weighted by Crippen LogP contribution is 2.45. The molecule has 7 nitrogen and oxygen atoms in total. The lowest BCUT2D eigenvalue weighted by Crippen LogP contribution is -2.07. The first-order valence-electron chi connectivity index (χ1n) is 13.5. The predicted octanol–water partition coefficient (Wildman–Crippen LogP) is 6.44. The van der Waals surface area contributed by atoms with E-state index >= 15 is 4.39 Å². The van der Waals surface area contributed by atoms with Crippen molar-refractivity contribution in [3.63, 3.8) is 0 Å². The van der Waals surface area contributed by atoms with Crippen LogP contribution in [0.25, 0.3) is 11.1 Å². The van der Waals surface area contributed by atoms with Crippen LogP contribution in [-0.2, 0) is 24.9 Å². The van der Waals surface area contributed by atoms with E-state index in [1.54, 1.807) is 12.3 Å². The molecule has 0 radical (unpaired) electrons. The van der Waals surface area contributed by atoms with Crippen LogP contribution in [0.3, 0.4) is 0 Å². The van der Waals surface area contributed by atoms with Gasteiger partial charge < -0.3 is 23.9 Å². The number of ether oxygens (including phenoxy) is 3. The van der Waals surface area contributed by atoms with Gasteiger partial charge in [0.2, 0.25) is 0 Å². The molecule has 8 heteroatoms. The van der Waals surface area contributed by atoms with Crippen molar-refractivity contribution in [1.82, 2.24) is 9.55 Å². The maximum Gasteiger partial charge on any atom is 0.304 e. The maximum atomic E-state index is 15.3. The largest absolute Gasteiger partial charge is 0.492 e. The zero-order chi connectivity index (χ0) is 28.0. The highest BCUT2D eigenvalue weighted by Gasteiger charge is 2.32. The van der Waals surface area contributed by atoms with Gasteiger partial charge in [-0.15, -0.1) is 0 Å². The lowest BCUT2D eigenvalue weighted by molar-refractivity contribution is -0.137. The van der Waals surface area contributed by atoms with Gasteiger partial charge in [0.1, 0.15) is 41.6 Å². The highest BCUT2D eigenvalue weighted by atomic mass is 19.1. The fraction of sp³-hybridized carbons (Fsp3) is 0.312. The zero-order valence-electron chi connectivity index (χ0n) is 22.7. The van der Waals surface area contributed by atoms with Crippen molar-refractivity contribution in [2.24, 2.45) is 7.05 Å². The molecular weight excluding hydrogens is 511 g/mol. The van der Waals surface area contributed by atoms with E-state index < -0.39 is 12.1 Å². The average Bonchev–Trinajstić information content (AvgIpc) is 3.63. The Balaban J connectivity index is 1.25. The van der Waals surface area contributed by atoms with Crippen molar-refractivity contribution in [2.45, 2.75) is 51.7 Å². The Labute approximate surface area is 232 Å². The lowest BCUT2D eigenvalue weighted by atomic mass is 9.90. The van der Waals surface area contributed by atoms with E-state index in [-0.39, 0.29) is 18.2 Å². The third kappa shape index (κ3) is 4.78. The Bertz CT molecular complexity index is 1590. The summed E-state index contributed by atoms with van der Waals surface area (Å²) in [6, 6.07) is 12.9. The molecule has 2 unspecified atom stereocenters. The maximum absolute atomic E-state index is 15.3. The molecule has 2 heterocycles. The number of carboxylic acids is 1.